The van der Waals surface area contributed by atoms with Crippen molar-refractivity contribution >= 4 is 0 Å². The number of nitrogens with zero attached hydrogens (tertiary/aromatic N) is 1. The minimum Gasteiger partial charge on any atom is -0.313 e. The summed E-state index contributed by atoms with van der Waals surface area (Å²) in [5, 5.41) is 3.78. The minimum atomic E-state index is 0.661. The van der Waals surface area contributed by atoms with Crippen LogP contribution in [0.15, 0.2) is 18.3 Å². The van der Waals surface area contributed by atoms with Crippen molar-refractivity contribution in [3.05, 3.63) is 29.6 Å². The summed E-state index contributed by atoms with van der Waals surface area (Å²) in [7, 11) is 0. The lowest BCUT2D eigenvalue weighted by atomic mass is 9.92. The van der Waals surface area contributed by atoms with E-state index in [2.05, 4.69) is 29.4 Å². The fourth-order valence-corrected chi connectivity index (χ4v) is 3.27. The van der Waals surface area contributed by atoms with Gasteiger partial charge in [0, 0.05) is 23.9 Å². The van der Waals surface area contributed by atoms with E-state index in [1.165, 1.54) is 49.8 Å². The van der Waals surface area contributed by atoms with E-state index in [1.807, 2.05) is 6.20 Å². The second kappa shape index (κ2) is 5.40. The number of pyridine rings is 1. The van der Waals surface area contributed by atoms with Gasteiger partial charge in [0.25, 0.3) is 0 Å². The Morgan fingerprint density at radius 3 is 3.06 bits per heavy atom. The van der Waals surface area contributed by atoms with Gasteiger partial charge in [-0.3, -0.25) is 4.98 Å². The minimum absolute atomic E-state index is 0.661. The number of hydrogen-bond donors (Lipinski definition) is 1. The lowest BCUT2D eigenvalue weighted by molar-refractivity contribution is 0.385. The number of fused-ring (bicyclic) bond motifs is 1. The molecule has 1 fully saturated rings. The highest BCUT2D eigenvalue weighted by Crippen LogP contribution is 2.40. The molecule has 2 heteroatoms. The van der Waals surface area contributed by atoms with Crippen molar-refractivity contribution in [3.8, 4) is 0 Å². The molecule has 2 unspecified atom stereocenters. The Labute approximate surface area is 110 Å². The van der Waals surface area contributed by atoms with Gasteiger partial charge >= 0.3 is 0 Å². The first-order valence-electron chi connectivity index (χ1n) is 7.55. The average Bonchev–Trinajstić information content (AvgIpc) is 3.12. The smallest absolute Gasteiger partial charge is 0.0482 e. The normalized spacial score (nSPS) is 23.9. The first-order valence-corrected chi connectivity index (χ1v) is 7.55. The summed E-state index contributed by atoms with van der Waals surface area (Å²) in [6, 6.07) is 5.00. The zero-order chi connectivity index (χ0) is 12.4. The molecule has 0 amide bonds. The zero-order valence-corrected chi connectivity index (χ0v) is 11.4. The van der Waals surface area contributed by atoms with Gasteiger partial charge in [-0.15, -0.1) is 0 Å². The maximum Gasteiger partial charge on any atom is 0.0482 e. The third kappa shape index (κ3) is 2.59. The third-order valence-corrected chi connectivity index (χ3v) is 4.43. The molecule has 1 aromatic rings. The van der Waals surface area contributed by atoms with Crippen LogP contribution >= 0.6 is 0 Å². The molecule has 0 bridgehead atoms. The van der Waals surface area contributed by atoms with Crippen LogP contribution in [0.4, 0.5) is 0 Å². The first kappa shape index (κ1) is 12.2. The van der Waals surface area contributed by atoms with Crippen molar-refractivity contribution in [1.82, 2.24) is 10.3 Å². The number of nitrogens with one attached hydrogen (secondary N) is 1. The molecule has 2 atom stereocenters. The van der Waals surface area contributed by atoms with Crippen LogP contribution in [0.25, 0.3) is 0 Å². The van der Waals surface area contributed by atoms with E-state index >= 15 is 0 Å². The van der Waals surface area contributed by atoms with Gasteiger partial charge in [0.1, 0.15) is 0 Å². The second-order valence-electron chi connectivity index (χ2n) is 5.93. The van der Waals surface area contributed by atoms with Gasteiger partial charge < -0.3 is 5.32 Å². The maximum atomic E-state index is 4.66. The molecular formula is C16H24N2. The van der Waals surface area contributed by atoms with E-state index in [0.29, 0.717) is 12.0 Å². The van der Waals surface area contributed by atoms with Gasteiger partial charge in [-0.05, 0) is 49.8 Å². The Hall–Kier alpha value is -0.890. The molecule has 0 aromatic carbocycles. The quantitative estimate of drug-likeness (QED) is 0.830. The van der Waals surface area contributed by atoms with E-state index in [1.54, 1.807) is 0 Å². The molecule has 18 heavy (non-hydrogen) atoms. The lowest BCUT2D eigenvalue weighted by Gasteiger charge is -2.25. The van der Waals surface area contributed by atoms with Gasteiger partial charge in [0.15, 0.2) is 0 Å². The summed E-state index contributed by atoms with van der Waals surface area (Å²) in [6.07, 6.45) is 9.97. The molecule has 1 aromatic heterocycles. The zero-order valence-electron chi connectivity index (χ0n) is 11.4. The number of aromatic nitrogens is 1. The monoisotopic (exact) mass is 244 g/mol. The van der Waals surface area contributed by atoms with Crippen molar-refractivity contribution in [2.24, 2.45) is 5.92 Å². The molecular weight excluding hydrogens is 220 g/mol. The van der Waals surface area contributed by atoms with E-state index in [9.17, 15) is 0 Å². The van der Waals surface area contributed by atoms with Gasteiger partial charge in [0.2, 0.25) is 0 Å². The van der Waals surface area contributed by atoms with Crippen molar-refractivity contribution in [3.63, 3.8) is 0 Å². The summed E-state index contributed by atoms with van der Waals surface area (Å²) in [5.41, 5.74) is 2.87. The lowest BCUT2D eigenvalue weighted by Crippen LogP contribution is -2.35. The Kier molecular flexibility index (Phi) is 3.64. The SMILES string of the molecule is CCCNC(CC1CC1)C1CCc2cccnc21. The van der Waals surface area contributed by atoms with Crippen LogP contribution in [-0.2, 0) is 6.42 Å². The largest absolute Gasteiger partial charge is 0.313 e. The first-order chi connectivity index (χ1) is 8.88. The second-order valence-corrected chi connectivity index (χ2v) is 5.93. The number of aryl methyl sites for hydroxylation is 1. The molecule has 1 heterocycles. The van der Waals surface area contributed by atoms with Crippen LogP contribution in [0, 0.1) is 5.92 Å². The molecule has 0 spiro atoms. The maximum absolute atomic E-state index is 4.66. The van der Waals surface area contributed by atoms with Crippen molar-refractivity contribution < 1.29 is 0 Å². The Balaban J connectivity index is 1.73. The van der Waals surface area contributed by atoms with Crippen molar-refractivity contribution in [1.29, 1.82) is 0 Å². The van der Waals surface area contributed by atoms with E-state index in [0.717, 1.165) is 12.5 Å². The molecule has 1 saturated carbocycles. The summed E-state index contributed by atoms with van der Waals surface area (Å²) in [5.74, 6) is 1.65. The summed E-state index contributed by atoms with van der Waals surface area (Å²) >= 11 is 0. The van der Waals surface area contributed by atoms with Gasteiger partial charge in [-0.1, -0.05) is 25.8 Å². The highest BCUT2D eigenvalue weighted by atomic mass is 14.9. The van der Waals surface area contributed by atoms with E-state index < -0.39 is 0 Å². The highest BCUT2D eigenvalue weighted by Gasteiger charge is 2.34. The van der Waals surface area contributed by atoms with Crippen LogP contribution in [0.5, 0.6) is 0 Å². The molecule has 0 saturated heterocycles. The summed E-state index contributed by atoms with van der Waals surface area (Å²) < 4.78 is 0. The molecule has 2 aliphatic carbocycles. The fraction of sp³-hybridized carbons (Fsp3) is 0.688. The van der Waals surface area contributed by atoms with Crippen LogP contribution in [0.2, 0.25) is 0 Å². The molecule has 0 aliphatic heterocycles. The van der Waals surface area contributed by atoms with Gasteiger partial charge in [-0.2, -0.15) is 0 Å². The molecule has 3 rings (SSSR count). The molecule has 0 radical (unpaired) electrons. The standard InChI is InChI=1S/C16H24N2/c1-2-9-17-15(11-12-5-6-12)14-8-7-13-4-3-10-18-16(13)14/h3-4,10,12,14-15,17H,2,5-9,11H2,1H3. The van der Waals surface area contributed by atoms with Crippen molar-refractivity contribution in [2.75, 3.05) is 6.54 Å². The van der Waals surface area contributed by atoms with Crippen LogP contribution in [-0.4, -0.2) is 17.6 Å². The van der Waals surface area contributed by atoms with Crippen LogP contribution in [0.3, 0.4) is 0 Å². The van der Waals surface area contributed by atoms with Gasteiger partial charge in [0.05, 0.1) is 0 Å². The fourth-order valence-electron chi connectivity index (χ4n) is 3.27. The molecule has 2 nitrogen and oxygen atoms in total. The Bertz CT molecular complexity index is 398. The van der Waals surface area contributed by atoms with E-state index in [4.69, 9.17) is 0 Å². The van der Waals surface area contributed by atoms with Gasteiger partial charge in [-0.25, -0.2) is 0 Å². The molecule has 98 valence electrons. The van der Waals surface area contributed by atoms with Crippen molar-refractivity contribution in [2.45, 2.75) is 57.4 Å². The third-order valence-electron chi connectivity index (χ3n) is 4.43. The Morgan fingerprint density at radius 2 is 2.28 bits per heavy atom. The topological polar surface area (TPSA) is 24.9 Å². The van der Waals surface area contributed by atoms with Crippen LogP contribution in [0.1, 0.15) is 56.2 Å². The average molecular weight is 244 g/mol. The Morgan fingerprint density at radius 1 is 1.39 bits per heavy atom. The highest BCUT2D eigenvalue weighted by molar-refractivity contribution is 5.30. The predicted molar refractivity (Wildman–Crippen MR) is 74.7 cm³/mol. The van der Waals surface area contributed by atoms with Crippen LogP contribution < -0.4 is 5.32 Å². The summed E-state index contributed by atoms with van der Waals surface area (Å²) in [6.45, 7) is 3.40. The number of rotatable bonds is 6. The molecule has 1 N–H and O–H groups in total. The predicted octanol–water partition coefficient (Wildman–Crippen LogP) is 3.28. The molecule has 2 aliphatic rings. The van der Waals surface area contributed by atoms with E-state index in [-0.39, 0.29) is 0 Å². The number of hydrogen-bond acceptors (Lipinski definition) is 2. The summed E-state index contributed by atoms with van der Waals surface area (Å²) in [4.78, 5) is 4.66.